The topological polar surface area (TPSA) is 125 Å². The van der Waals surface area contributed by atoms with Crippen LogP contribution in [0.4, 0.5) is 4.79 Å². The number of nitrogens with zero attached hydrogens (tertiary/aromatic N) is 3. The van der Waals surface area contributed by atoms with E-state index in [0.29, 0.717) is 11.3 Å². The number of urea groups is 1. The Morgan fingerprint density at radius 3 is 2.17 bits per heavy atom. The first-order valence-electron chi connectivity index (χ1n) is 8.65. The van der Waals surface area contributed by atoms with Gasteiger partial charge in [0.25, 0.3) is 0 Å². The van der Waals surface area contributed by atoms with Crippen LogP contribution in [0.25, 0.3) is 21.8 Å². The number of fused-ring (bicyclic) bond motifs is 3. The summed E-state index contributed by atoms with van der Waals surface area (Å²) in [6.07, 6.45) is 4.93. The van der Waals surface area contributed by atoms with Crippen LogP contribution in [0.15, 0.2) is 72.1 Å². The van der Waals surface area contributed by atoms with Gasteiger partial charge in [0.15, 0.2) is 0 Å². The molecule has 0 aliphatic rings. The number of hydrogen-bond acceptors (Lipinski definition) is 5. The van der Waals surface area contributed by atoms with Crippen LogP contribution in [0.2, 0.25) is 0 Å². The van der Waals surface area contributed by atoms with Gasteiger partial charge < -0.3 is 15.6 Å². The van der Waals surface area contributed by atoms with Gasteiger partial charge in [-0.1, -0.05) is 30.3 Å². The number of benzene rings is 2. The molecule has 0 bridgehead atoms. The molecule has 5 N–H and O–H groups in total. The second-order valence-corrected chi connectivity index (χ2v) is 5.87. The summed E-state index contributed by atoms with van der Waals surface area (Å²) in [6, 6.07) is 16.5. The second-order valence-electron chi connectivity index (χ2n) is 5.87. The van der Waals surface area contributed by atoms with Crippen LogP contribution in [-0.2, 0) is 17.1 Å². The molecule has 2 aromatic carbocycles. The maximum atomic E-state index is 10.3. The standard InChI is InChI=1S/C12H8N2.C9H11N3O3.Cu/c1-3-9-5-6-10-4-2-8-14-12(10)11(9)13-7-1;1-15-7-4-2-3-6(8(7)13)5-11-12-9(10)14;/h1-8H;2-5,13H,1H3,(H3,10,12,14);/q;;+2/p+1. The van der Waals surface area contributed by atoms with Gasteiger partial charge in [-0.25, -0.2) is 10.2 Å². The third-order valence-corrected chi connectivity index (χ3v) is 4.00. The third kappa shape index (κ3) is 5.44. The van der Waals surface area contributed by atoms with Crippen LogP contribution in [0.5, 0.6) is 11.5 Å². The Kier molecular flexibility index (Phi) is 8.10. The number of methoxy groups -OCH3 is 1. The number of amides is 2. The number of para-hydroxylation sites is 1. The van der Waals surface area contributed by atoms with E-state index in [2.05, 4.69) is 39.3 Å². The van der Waals surface area contributed by atoms with Crippen LogP contribution in [-0.4, -0.2) is 34.4 Å². The first-order valence-corrected chi connectivity index (χ1v) is 8.65. The molecule has 155 valence electrons. The molecule has 0 fully saturated rings. The minimum atomic E-state index is -0.749. The predicted molar refractivity (Wildman–Crippen MR) is 113 cm³/mol. The van der Waals surface area contributed by atoms with Crippen molar-refractivity contribution in [1.29, 1.82) is 0 Å². The summed E-state index contributed by atoms with van der Waals surface area (Å²) < 4.78 is 4.95. The quantitative estimate of drug-likeness (QED) is 0.162. The molecule has 0 spiro atoms. The number of nitrogens with one attached hydrogen (secondary N) is 1. The van der Waals surface area contributed by atoms with Gasteiger partial charge >= 0.3 is 28.8 Å². The molecule has 0 unspecified atom stereocenters. The zero-order valence-corrected chi connectivity index (χ0v) is 16.9. The second kappa shape index (κ2) is 10.8. The zero-order chi connectivity index (χ0) is 20.6. The van der Waals surface area contributed by atoms with E-state index in [9.17, 15) is 4.79 Å². The number of hydrazone groups is 1. The van der Waals surface area contributed by atoms with Gasteiger partial charge in [-0.2, -0.15) is 5.10 Å². The summed E-state index contributed by atoms with van der Waals surface area (Å²) in [4.78, 5) is 19.0. The maximum Gasteiger partial charge on any atom is 2.00 e. The minimum Gasteiger partial charge on any atom is -0.590 e. The summed E-state index contributed by atoms with van der Waals surface area (Å²) in [5.41, 5.74) is 9.34. The van der Waals surface area contributed by atoms with Gasteiger partial charge in [-0.3, -0.25) is 9.97 Å². The van der Waals surface area contributed by atoms with Crippen LogP contribution >= 0.6 is 0 Å². The molecule has 2 heterocycles. The van der Waals surface area contributed by atoms with E-state index in [0.717, 1.165) is 21.8 Å². The summed E-state index contributed by atoms with van der Waals surface area (Å²) in [6.45, 7) is 0. The summed E-state index contributed by atoms with van der Waals surface area (Å²) in [7, 11) is 1.48. The van der Waals surface area contributed by atoms with Crippen molar-refractivity contribution in [3.63, 3.8) is 0 Å². The Hall–Kier alpha value is -3.68. The number of carbonyl (C=O) groups is 1. The van der Waals surface area contributed by atoms with Gasteiger partial charge in [-0.15, -0.1) is 0 Å². The van der Waals surface area contributed by atoms with Gasteiger partial charge in [0.1, 0.15) is 0 Å². The molecule has 9 heteroatoms. The van der Waals surface area contributed by atoms with Crippen molar-refractivity contribution in [2.45, 2.75) is 0 Å². The normalized spacial score (nSPS) is 10.2. The van der Waals surface area contributed by atoms with Crippen LogP contribution in [0.1, 0.15) is 5.56 Å². The van der Waals surface area contributed by atoms with Gasteiger partial charge in [0, 0.05) is 23.2 Å². The monoisotopic (exact) mass is 453 g/mol. The summed E-state index contributed by atoms with van der Waals surface area (Å²) in [5, 5.41) is 13.5. The van der Waals surface area contributed by atoms with Gasteiger partial charge in [-0.05, 0) is 24.3 Å². The average molecular weight is 454 g/mol. The number of nitrogens with two attached hydrogens (primary N) is 1. The molecule has 1 radical (unpaired) electrons. The predicted octanol–water partition coefficient (Wildman–Crippen LogP) is 2.92. The van der Waals surface area contributed by atoms with Gasteiger partial charge in [0.2, 0.25) is 5.75 Å². The fraction of sp³-hybridized carbons (Fsp3) is 0.0476. The fourth-order valence-electron chi connectivity index (χ4n) is 2.67. The van der Waals surface area contributed by atoms with Crippen molar-refractivity contribution in [2.75, 3.05) is 7.11 Å². The molecule has 30 heavy (non-hydrogen) atoms. The van der Waals surface area contributed by atoms with Crippen molar-refractivity contribution in [2.24, 2.45) is 10.8 Å². The number of hydrogen-bond donors (Lipinski definition) is 2. The molecule has 0 saturated carbocycles. The van der Waals surface area contributed by atoms with Crippen LogP contribution in [0.3, 0.4) is 0 Å². The van der Waals surface area contributed by atoms with Crippen molar-refractivity contribution in [3.8, 4) is 11.5 Å². The van der Waals surface area contributed by atoms with Crippen LogP contribution in [0, 0.1) is 0 Å². The Morgan fingerprint density at radius 1 is 1.03 bits per heavy atom. The van der Waals surface area contributed by atoms with E-state index in [-0.39, 0.29) is 22.8 Å². The molecule has 8 nitrogen and oxygen atoms in total. The maximum absolute atomic E-state index is 10.3. The minimum absolute atomic E-state index is 0. The molecule has 0 saturated heterocycles. The molecular formula is C21H20CuN5O3+3. The zero-order valence-electron chi connectivity index (χ0n) is 16.0. The van der Waals surface area contributed by atoms with Crippen molar-refractivity contribution in [3.05, 3.63) is 72.6 Å². The van der Waals surface area contributed by atoms with Crippen molar-refractivity contribution in [1.82, 2.24) is 15.4 Å². The summed E-state index contributed by atoms with van der Waals surface area (Å²) >= 11 is 0. The first kappa shape index (κ1) is 22.6. The first-order chi connectivity index (χ1) is 14.1. The van der Waals surface area contributed by atoms with E-state index in [1.807, 2.05) is 17.6 Å². The SMILES string of the molecule is COc1cccc(C=NNC(N)=O)c1[OH2+].[Cu+2].c1cnc2c(c1)ccc1cccnc12. The molecule has 2 amide bonds. The largest absolute Gasteiger partial charge is 2.00 e. The van der Waals surface area contributed by atoms with E-state index >= 15 is 0 Å². The van der Waals surface area contributed by atoms with Gasteiger partial charge in [0.05, 0.1) is 29.9 Å². The molecule has 4 aromatic rings. The van der Waals surface area contributed by atoms with Crippen LogP contribution < -0.4 is 15.9 Å². The average Bonchev–Trinajstić information content (AvgIpc) is 2.75. The van der Waals surface area contributed by atoms with Crippen molar-refractivity contribution < 1.29 is 31.7 Å². The van der Waals surface area contributed by atoms with E-state index in [1.54, 1.807) is 30.6 Å². The molecule has 0 aliphatic heterocycles. The molecule has 4 rings (SSSR count). The number of pyridine rings is 2. The van der Waals surface area contributed by atoms with E-state index in [4.69, 9.17) is 15.6 Å². The smallest absolute Gasteiger partial charge is 0.590 e. The number of aromatic nitrogens is 2. The molecule has 2 aromatic heterocycles. The Labute approximate surface area is 183 Å². The third-order valence-electron chi connectivity index (χ3n) is 4.00. The molecule has 0 aliphatic carbocycles. The van der Waals surface area contributed by atoms with E-state index < -0.39 is 6.03 Å². The van der Waals surface area contributed by atoms with E-state index in [1.165, 1.54) is 13.3 Å². The Morgan fingerprint density at radius 2 is 1.63 bits per heavy atom. The van der Waals surface area contributed by atoms with Crippen molar-refractivity contribution >= 4 is 34.1 Å². The summed E-state index contributed by atoms with van der Waals surface area (Å²) in [5.74, 6) is 0.646. The molecular weight excluding hydrogens is 434 g/mol. The number of carbonyl (C=O) groups excluding carboxylic acids is 1. The Bertz CT molecular complexity index is 1130. The number of primary amides is 1. The fourth-order valence-corrected chi connectivity index (χ4v) is 2.67. The Balaban J connectivity index is 0.000000207. The number of rotatable bonds is 3. The molecule has 0 atom stereocenters. The number of ether oxygens (including phenoxy) is 1.